The second-order valence-corrected chi connectivity index (χ2v) is 4.23. The molecule has 0 aliphatic carbocycles. The monoisotopic (exact) mass is 256 g/mol. The summed E-state index contributed by atoms with van der Waals surface area (Å²) in [4.78, 5) is 12.0. The zero-order valence-corrected chi connectivity index (χ0v) is 10.5. The summed E-state index contributed by atoms with van der Waals surface area (Å²) in [5, 5.41) is 10.2. The van der Waals surface area contributed by atoms with Crippen LogP contribution in [0.4, 0.5) is 0 Å². The molecule has 19 heavy (non-hydrogen) atoms. The summed E-state index contributed by atoms with van der Waals surface area (Å²) in [5.41, 5.74) is 7.34. The molecule has 0 bridgehead atoms. The van der Waals surface area contributed by atoms with E-state index in [0.29, 0.717) is 18.5 Å². The summed E-state index contributed by atoms with van der Waals surface area (Å²) >= 11 is 0. The van der Waals surface area contributed by atoms with Crippen LogP contribution < -0.4 is 11.1 Å². The second kappa shape index (κ2) is 6.61. The van der Waals surface area contributed by atoms with Crippen LogP contribution in [0.3, 0.4) is 0 Å². The number of aromatic nitrogens is 2. The Labute approximate surface area is 111 Å². The normalized spacial score (nSPS) is 11.8. The van der Waals surface area contributed by atoms with E-state index in [1.165, 1.54) is 12.4 Å². The summed E-state index contributed by atoms with van der Waals surface area (Å²) < 4.78 is 0. The van der Waals surface area contributed by atoms with Crippen molar-refractivity contribution in [2.45, 2.75) is 12.5 Å². The minimum atomic E-state index is -0.179. The van der Waals surface area contributed by atoms with E-state index in [0.717, 1.165) is 5.56 Å². The number of carbonyl (C=O) groups is 1. The van der Waals surface area contributed by atoms with Crippen molar-refractivity contribution < 1.29 is 4.79 Å². The van der Waals surface area contributed by atoms with Crippen molar-refractivity contribution in [3.63, 3.8) is 0 Å². The first-order valence-corrected chi connectivity index (χ1v) is 6.11. The average Bonchev–Trinajstić information content (AvgIpc) is 2.48. The molecule has 1 aromatic heterocycles. The van der Waals surface area contributed by atoms with Gasteiger partial charge in [0.15, 0.2) is 0 Å². The predicted octanol–water partition coefficient (Wildman–Crippen LogP) is 0.776. The predicted molar refractivity (Wildman–Crippen MR) is 72.5 cm³/mol. The first-order chi connectivity index (χ1) is 9.29. The van der Waals surface area contributed by atoms with Gasteiger partial charge in [-0.2, -0.15) is 10.2 Å². The first kappa shape index (κ1) is 13.2. The highest BCUT2D eigenvalue weighted by molar-refractivity contribution is 5.93. The summed E-state index contributed by atoms with van der Waals surface area (Å²) in [6.45, 7) is 0.388. The molecule has 1 atom stereocenters. The number of benzene rings is 1. The Bertz CT molecular complexity index is 515. The molecule has 0 saturated heterocycles. The van der Waals surface area contributed by atoms with Crippen LogP contribution in [-0.2, 0) is 6.42 Å². The van der Waals surface area contributed by atoms with Gasteiger partial charge in [0.05, 0.1) is 18.0 Å². The van der Waals surface area contributed by atoms with Crippen LogP contribution >= 0.6 is 0 Å². The van der Waals surface area contributed by atoms with Gasteiger partial charge in [-0.1, -0.05) is 30.3 Å². The van der Waals surface area contributed by atoms with Crippen molar-refractivity contribution in [1.82, 2.24) is 15.5 Å². The maximum atomic E-state index is 12.0. The fourth-order valence-corrected chi connectivity index (χ4v) is 1.79. The lowest BCUT2D eigenvalue weighted by Crippen LogP contribution is -2.41. The highest BCUT2D eigenvalue weighted by atomic mass is 16.1. The van der Waals surface area contributed by atoms with Crippen LogP contribution in [0, 0.1) is 0 Å². The quantitative estimate of drug-likeness (QED) is 0.828. The standard InChI is InChI=1S/C14H16N4O/c15-9-13(8-11-4-2-1-3-5-11)18-14(19)12-6-7-16-17-10-12/h1-7,10,13H,8-9,15H2,(H,18,19). The van der Waals surface area contributed by atoms with E-state index in [1.54, 1.807) is 6.07 Å². The fourth-order valence-electron chi connectivity index (χ4n) is 1.79. The van der Waals surface area contributed by atoms with Crippen molar-refractivity contribution in [2.75, 3.05) is 6.54 Å². The van der Waals surface area contributed by atoms with Crippen molar-refractivity contribution in [3.05, 3.63) is 59.9 Å². The number of carbonyl (C=O) groups excluding carboxylic acids is 1. The Hall–Kier alpha value is -2.27. The van der Waals surface area contributed by atoms with E-state index >= 15 is 0 Å². The fraction of sp³-hybridized carbons (Fsp3) is 0.214. The molecule has 0 fully saturated rings. The Morgan fingerprint density at radius 2 is 2.00 bits per heavy atom. The Kier molecular flexibility index (Phi) is 4.58. The molecule has 98 valence electrons. The molecular formula is C14H16N4O. The maximum absolute atomic E-state index is 12.0. The highest BCUT2D eigenvalue weighted by Gasteiger charge is 2.13. The molecule has 0 aliphatic heterocycles. The number of hydrogen-bond acceptors (Lipinski definition) is 4. The molecule has 2 aromatic rings. The summed E-state index contributed by atoms with van der Waals surface area (Å²) in [5.74, 6) is -0.179. The molecule has 0 radical (unpaired) electrons. The summed E-state index contributed by atoms with van der Waals surface area (Å²) in [7, 11) is 0. The molecule has 1 unspecified atom stereocenters. The van der Waals surface area contributed by atoms with Crippen molar-refractivity contribution in [3.8, 4) is 0 Å². The van der Waals surface area contributed by atoms with Gasteiger partial charge < -0.3 is 11.1 Å². The molecule has 1 aromatic carbocycles. The van der Waals surface area contributed by atoms with Crippen LogP contribution in [0.25, 0.3) is 0 Å². The van der Waals surface area contributed by atoms with E-state index in [1.807, 2.05) is 30.3 Å². The number of hydrogen-bond donors (Lipinski definition) is 2. The van der Waals surface area contributed by atoms with Gasteiger partial charge in [0.25, 0.3) is 5.91 Å². The summed E-state index contributed by atoms with van der Waals surface area (Å²) in [6.07, 6.45) is 3.64. The van der Waals surface area contributed by atoms with Crippen LogP contribution in [0.2, 0.25) is 0 Å². The molecule has 1 heterocycles. The van der Waals surface area contributed by atoms with E-state index < -0.39 is 0 Å². The third-order valence-electron chi connectivity index (χ3n) is 2.79. The lowest BCUT2D eigenvalue weighted by Gasteiger charge is -2.16. The van der Waals surface area contributed by atoms with Gasteiger partial charge in [0.2, 0.25) is 0 Å². The van der Waals surface area contributed by atoms with Crippen LogP contribution in [0.15, 0.2) is 48.8 Å². The molecule has 1 amide bonds. The van der Waals surface area contributed by atoms with Crippen LogP contribution in [0.1, 0.15) is 15.9 Å². The Balaban J connectivity index is 1.98. The number of nitrogens with one attached hydrogen (secondary N) is 1. The molecular weight excluding hydrogens is 240 g/mol. The molecule has 2 rings (SSSR count). The van der Waals surface area contributed by atoms with E-state index in [4.69, 9.17) is 5.73 Å². The first-order valence-electron chi connectivity index (χ1n) is 6.11. The average molecular weight is 256 g/mol. The highest BCUT2D eigenvalue weighted by Crippen LogP contribution is 2.03. The van der Waals surface area contributed by atoms with E-state index in [9.17, 15) is 4.79 Å². The number of amides is 1. The number of rotatable bonds is 5. The third-order valence-corrected chi connectivity index (χ3v) is 2.79. The summed E-state index contributed by atoms with van der Waals surface area (Å²) in [6, 6.07) is 11.5. The Morgan fingerprint density at radius 3 is 2.63 bits per heavy atom. The van der Waals surface area contributed by atoms with Gasteiger partial charge in [-0.15, -0.1) is 0 Å². The van der Waals surface area contributed by atoms with Crippen molar-refractivity contribution in [2.24, 2.45) is 5.73 Å². The van der Waals surface area contributed by atoms with Crippen LogP contribution in [-0.4, -0.2) is 28.7 Å². The lowest BCUT2D eigenvalue weighted by atomic mass is 10.1. The zero-order valence-electron chi connectivity index (χ0n) is 10.5. The SMILES string of the molecule is NCC(Cc1ccccc1)NC(=O)c1ccnnc1. The molecule has 0 aliphatic rings. The van der Waals surface area contributed by atoms with Gasteiger partial charge in [-0.05, 0) is 18.1 Å². The van der Waals surface area contributed by atoms with Gasteiger partial charge in [0.1, 0.15) is 0 Å². The molecule has 0 spiro atoms. The molecule has 5 heteroatoms. The third kappa shape index (κ3) is 3.86. The van der Waals surface area contributed by atoms with Gasteiger partial charge in [-0.3, -0.25) is 4.79 Å². The maximum Gasteiger partial charge on any atom is 0.253 e. The molecule has 3 N–H and O–H groups in total. The second-order valence-electron chi connectivity index (χ2n) is 4.23. The largest absolute Gasteiger partial charge is 0.348 e. The number of nitrogens with two attached hydrogens (primary N) is 1. The number of nitrogens with zero attached hydrogens (tertiary/aromatic N) is 2. The lowest BCUT2D eigenvalue weighted by molar-refractivity contribution is 0.0937. The topological polar surface area (TPSA) is 80.9 Å². The minimum Gasteiger partial charge on any atom is -0.348 e. The minimum absolute atomic E-state index is 0.0944. The molecule has 0 saturated carbocycles. The smallest absolute Gasteiger partial charge is 0.253 e. The van der Waals surface area contributed by atoms with Gasteiger partial charge in [0, 0.05) is 12.6 Å². The van der Waals surface area contributed by atoms with E-state index in [-0.39, 0.29) is 11.9 Å². The van der Waals surface area contributed by atoms with Crippen LogP contribution in [0.5, 0.6) is 0 Å². The molecule has 5 nitrogen and oxygen atoms in total. The van der Waals surface area contributed by atoms with Gasteiger partial charge in [-0.25, -0.2) is 0 Å². The Morgan fingerprint density at radius 1 is 1.21 bits per heavy atom. The van der Waals surface area contributed by atoms with Gasteiger partial charge >= 0.3 is 0 Å². The van der Waals surface area contributed by atoms with Crippen molar-refractivity contribution in [1.29, 1.82) is 0 Å². The van der Waals surface area contributed by atoms with Crippen molar-refractivity contribution >= 4 is 5.91 Å². The zero-order chi connectivity index (χ0) is 13.5. The van der Waals surface area contributed by atoms with E-state index in [2.05, 4.69) is 15.5 Å².